The van der Waals surface area contributed by atoms with Crippen LogP contribution in [0.25, 0.3) is 0 Å². The van der Waals surface area contributed by atoms with Gasteiger partial charge >= 0.3 is 0 Å². The molecule has 1 N–H and O–H groups in total. The molecule has 1 aliphatic rings. The van der Waals surface area contributed by atoms with Crippen LogP contribution in [0.2, 0.25) is 0 Å². The lowest BCUT2D eigenvalue weighted by atomic mass is 10.2. The largest absolute Gasteiger partial charge is 0.494 e. The number of nitrogens with one attached hydrogen (secondary N) is 1. The third kappa shape index (κ3) is 6.81. The number of hydrogen-bond donors (Lipinski definition) is 1. The Balaban J connectivity index is 1.64. The summed E-state index contributed by atoms with van der Waals surface area (Å²) < 4.78 is 13.8. The van der Waals surface area contributed by atoms with Gasteiger partial charge in [-0.1, -0.05) is 13.3 Å². The van der Waals surface area contributed by atoms with E-state index in [2.05, 4.69) is 16.5 Å². The molecule has 0 atom stereocenters. The van der Waals surface area contributed by atoms with Crippen LogP contribution in [0.5, 0.6) is 5.75 Å². The monoisotopic (exact) mass is 338 g/mol. The van der Waals surface area contributed by atoms with Gasteiger partial charge in [-0.25, -0.2) is 0 Å². The highest BCUT2D eigenvalue weighted by atomic mass is 32.2. The van der Waals surface area contributed by atoms with E-state index >= 15 is 0 Å². The zero-order valence-electron chi connectivity index (χ0n) is 13.8. The van der Waals surface area contributed by atoms with Crippen LogP contribution in [0.15, 0.2) is 24.3 Å². The summed E-state index contributed by atoms with van der Waals surface area (Å²) in [5, 5.41) is 0. The highest BCUT2D eigenvalue weighted by Crippen LogP contribution is 2.13. The fraction of sp³-hybridized carbons (Fsp3) is 0.588. The molecule has 5 nitrogen and oxygen atoms in total. The average molecular weight is 338 g/mol. The number of nitrogens with zero attached hydrogens (tertiary/aromatic N) is 1. The number of carbonyl (C=O) groups is 1. The maximum absolute atomic E-state index is 12.1. The van der Waals surface area contributed by atoms with E-state index in [0.29, 0.717) is 5.56 Å². The molecule has 1 aromatic rings. The van der Waals surface area contributed by atoms with Gasteiger partial charge in [0.25, 0.3) is 5.91 Å². The normalized spacial score (nSPS) is 15.3. The van der Waals surface area contributed by atoms with Crippen molar-refractivity contribution in [3.8, 4) is 5.75 Å². The number of hydrogen-bond acceptors (Lipinski definition) is 5. The quantitative estimate of drug-likeness (QED) is 0.554. The lowest BCUT2D eigenvalue weighted by Crippen LogP contribution is -2.38. The Morgan fingerprint density at radius 1 is 1.30 bits per heavy atom. The number of benzene rings is 1. The first-order chi connectivity index (χ1) is 11.3. The van der Waals surface area contributed by atoms with E-state index in [1.165, 1.54) is 11.9 Å². The van der Waals surface area contributed by atoms with Gasteiger partial charge in [-0.15, -0.1) is 0 Å². The van der Waals surface area contributed by atoms with Gasteiger partial charge in [-0.2, -0.15) is 0 Å². The molecule has 0 aliphatic carbocycles. The van der Waals surface area contributed by atoms with Crippen LogP contribution in [-0.4, -0.2) is 56.0 Å². The van der Waals surface area contributed by atoms with Gasteiger partial charge < -0.3 is 9.47 Å². The molecule has 2 rings (SSSR count). The minimum atomic E-state index is -0.0583. The molecule has 1 aromatic carbocycles. The average Bonchev–Trinajstić information content (AvgIpc) is 2.60. The number of rotatable bonds is 9. The van der Waals surface area contributed by atoms with E-state index < -0.39 is 0 Å². The third-order valence-electron chi connectivity index (χ3n) is 3.66. The maximum Gasteiger partial charge on any atom is 0.261 e. The second-order valence-corrected chi connectivity index (χ2v) is 6.36. The Bertz CT molecular complexity index is 461. The fourth-order valence-corrected chi connectivity index (χ4v) is 2.91. The molecule has 0 aromatic heterocycles. The topological polar surface area (TPSA) is 50.8 Å². The van der Waals surface area contributed by atoms with Crippen molar-refractivity contribution in [1.82, 2.24) is 9.62 Å². The van der Waals surface area contributed by atoms with Crippen molar-refractivity contribution in [3.63, 3.8) is 0 Å². The Labute approximate surface area is 142 Å². The maximum atomic E-state index is 12.1. The summed E-state index contributed by atoms with van der Waals surface area (Å²) in [7, 11) is 0. The molecule has 23 heavy (non-hydrogen) atoms. The van der Waals surface area contributed by atoms with Crippen LogP contribution in [0, 0.1) is 0 Å². The Morgan fingerprint density at radius 2 is 2.04 bits per heavy atom. The zero-order chi connectivity index (χ0) is 16.3. The van der Waals surface area contributed by atoms with Gasteiger partial charge in [0.05, 0.1) is 19.8 Å². The van der Waals surface area contributed by atoms with Gasteiger partial charge in [0.1, 0.15) is 5.75 Å². The van der Waals surface area contributed by atoms with Gasteiger partial charge in [0.15, 0.2) is 0 Å². The van der Waals surface area contributed by atoms with Crippen LogP contribution in [0.1, 0.15) is 30.1 Å². The molecule has 0 radical (unpaired) electrons. The second-order valence-electron chi connectivity index (χ2n) is 5.46. The molecule has 0 saturated carbocycles. The van der Waals surface area contributed by atoms with E-state index in [1.54, 1.807) is 12.1 Å². The molecule has 1 amide bonds. The number of morpholine rings is 1. The number of carbonyl (C=O) groups excluding carboxylic acids is 1. The molecule has 0 unspecified atom stereocenters. The molecular weight excluding hydrogens is 312 g/mol. The summed E-state index contributed by atoms with van der Waals surface area (Å²) in [6.07, 6.45) is 2.16. The third-order valence-corrected chi connectivity index (χ3v) is 4.38. The molecule has 1 heterocycles. The number of amides is 1. The Hall–Kier alpha value is -1.24. The first kappa shape index (κ1) is 18.1. The summed E-state index contributed by atoms with van der Waals surface area (Å²) in [4.78, 5) is 14.4. The van der Waals surface area contributed by atoms with Crippen molar-refractivity contribution in [3.05, 3.63) is 29.8 Å². The standard InChI is InChI=1S/C17H26N2O3S/c1-2-3-11-22-16-6-4-15(5-7-16)17(20)18-23-14-10-19-8-12-21-13-9-19/h4-7H,2-3,8-14H2,1H3,(H,18,20). The molecule has 6 heteroatoms. The molecule has 1 saturated heterocycles. The molecule has 128 valence electrons. The molecule has 0 bridgehead atoms. The highest BCUT2D eigenvalue weighted by Gasteiger charge is 2.10. The van der Waals surface area contributed by atoms with E-state index in [-0.39, 0.29) is 5.91 Å². The van der Waals surface area contributed by atoms with Crippen LogP contribution in [0.4, 0.5) is 0 Å². The van der Waals surface area contributed by atoms with Crippen molar-refractivity contribution in [2.24, 2.45) is 0 Å². The predicted molar refractivity (Wildman–Crippen MR) is 94.0 cm³/mol. The first-order valence-electron chi connectivity index (χ1n) is 8.24. The molecule has 0 spiro atoms. The number of ether oxygens (including phenoxy) is 2. The van der Waals surface area contributed by atoms with Crippen LogP contribution < -0.4 is 9.46 Å². The van der Waals surface area contributed by atoms with Crippen molar-refractivity contribution >= 4 is 17.9 Å². The van der Waals surface area contributed by atoms with Gasteiger partial charge in [0.2, 0.25) is 0 Å². The van der Waals surface area contributed by atoms with Crippen LogP contribution in [0.3, 0.4) is 0 Å². The summed E-state index contributed by atoms with van der Waals surface area (Å²) in [5.41, 5.74) is 0.659. The summed E-state index contributed by atoms with van der Waals surface area (Å²) in [5.74, 6) is 1.64. The molecule has 1 aliphatic heterocycles. The minimum Gasteiger partial charge on any atom is -0.494 e. The van der Waals surface area contributed by atoms with E-state index in [0.717, 1.165) is 63.8 Å². The van der Waals surface area contributed by atoms with Gasteiger partial charge in [0, 0.05) is 31.0 Å². The summed E-state index contributed by atoms with van der Waals surface area (Å²) in [6, 6.07) is 7.31. The SMILES string of the molecule is CCCCOc1ccc(C(=O)NSCCN2CCOCC2)cc1. The smallest absolute Gasteiger partial charge is 0.261 e. The predicted octanol–water partition coefficient (Wildman–Crippen LogP) is 2.58. The van der Waals surface area contributed by atoms with E-state index in [1.807, 2.05) is 12.1 Å². The second kappa shape index (κ2) is 10.5. The highest BCUT2D eigenvalue weighted by molar-refractivity contribution is 7.97. The Kier molecular flexibility index (Phi) is 8.28. The molecular formula is C17H26N2O3S. The van der Waals surface area contributed by atoms with Gasteiger partial charge in [-0.05, 0) is 42.6 Å². The fourth-order valence-electron chi connectivity index (χ4n) is 2.21. The van der Waals surface area contributed by atoms with Crippen molar-refractivity contribution < 1.29 is 14.3 Å². The first-order valence-corrected chi connectivity index (χ1v) is 9.23. The minimum absolute atomic E-state index is 0.0583. The van der Waals surface area contributed by atoms with Crippen molar-refractivity contribution in [1.29, 1.82) is 0 Å². The number of unbranched alkanes of at least 4 members (excludes halogenated alkanes) is 1. The molecule has 1 fully saturated rings. The lowest BCUT2D eigenvalue weighted by Gasteiger charge is -2.26. The Morgan fingerprint density at radius 3 is 2.74 bits per heavy atom. The van der Waals surface area contributed by atoms with Crippen LogP contribution >= 0.6 is 11.9 Å². The summed E-state index contributed by atoms with van der Waals surface area (Å²) in [6.45, 7) is 7.40. The van der Waals surface area contributed by atoms with E-state index in [4.69, 9.17) is 9.47 Å². The van der Waals surface area contributed by atoms with Crippen LogP contribution in [-0.2, 0) is 4.74 Å². The lowest BCUT2D eigenvalue weighted by molar-refractivity contribution is 0.0410. The zero-order valence-corrected chi connectivity index (χ0v) is 14.6. The summed E-state index contributed by atoms with van der Waals surface area (Å²) >= 11 is 1.46. The van der Waals surface area contributed by atoms with E-state index in [9.17, 15) is 4.79 Å². The van der Waals surface area contributed by atoms with Crippen molar-refractivity contribution in [2.75, 3.05) is 45.2 Å². The van der Waals surface area contributed by atoms with Gasteiger partial charge in [-0.3, -0.25) is 14.4 Å². The van der Waals surface area contributed by atoms with Crippen molar-refractivity contribution in [2.45, 2.75) is 19.8 Å².